The largest absolute Gasteiger partial charge is 0.497 e. The fourth-order valence-corrected chi connectivity index (χ4v) is 4.56. The number of ether oxygens (including phenoxy) is 1. The molecule has 1 aliphatic heterocycles. The van der Waals surface area contributed by atoms with Gasteiger partial charge in [-0.25, -0.2) is 0 Å². The van der Waals surface area contributed by atoms with Gasteiger partial charge in [-0.2, -0.15) is 0 Å². The van der Waals surface area contributed by atoms with Gasteiger partial charge in [-0.05, 0) is 54.7 Å². The Kier molecular flexibility index (Phi) is 5.15. The van der Waals surface area contributed by atoms with E-state index in [1.807, 2.05) is 41.3 Å². The van der Waals surface area contributed by atoms with Gasteiger partial charge in [0.05, 0.1) is 7.11 Å². The summed E-state index contributed by atoms with van der Waals surface area (Å²) in [6.07, 6.45) is 6.14. The number of likely N-dealkylation sites (tertiary alicyclic amines) is 1. The number of amides is 1. The van der Waals surface area contributed by atoms with Crippen LogP contribution in [-0.2, 0) is 4.79 Å². The van der Waals surface area contributed by atoms with E-state index in [0.29, 0.717) is 6.54 Å². The number of hydrogen-bond donors (Lipinski definition) is 0. The molecule has 1 amide bonds. The number of carbonyl (C=O) groups is 2. The standard InChI is InChI=1S/C23H27NO3/c1-27-21-11-10-17-13-19(9-8-18(17)14-21)22(25)20-7-4-12-24(15-20)23(26)16-5-2-3-6-16/h8-11,13-14,16,20H,2-7,12,15H2,1H3/t20-/m0/s1. The lowest BCUT2D eigenvalue weighted by Crippen LogP contribution is -2.44. The first kappa shape index (κ1) is 18.0. The van der Waals surface area contributed by atoms with E-state index < -0.39 is 0 Å². The van der Waals surface area contributed by atoms with Gasteiger partial charge in [0.2, 0.25) is 5.91 Å². The molecule has 0 N–H and O–H groups in total. The van der Waals surface area contributed by atoms with Crippen molar-refractivity contribution in [3.05, 3.63) is 42.0 Å². The smallest absolute Gasteiger partial charge is 0.225 e. The summed E-state index contributed by atoms with van der Waals surface area (Å²) in [5.41, 5.74) is 0.743. The number of benzene rings is 2. The van der Waals surface area contributed by atoms with Crippen molar-refractivity contribution in [3.63, 3.8) is 0 Å². The zero-order valence-electron chi connectivity index (χ0n) is 15.9. The lowest BCUT2D eigenvalue weighted by Gasteiger charge is -2.33. The predicted octanol–water partition coefficient (Wildman–Crippen LogP) is 4.46. The van der Waals surface area contributed by atoms with Crippen LogP contribution in [0.25, 0.3) is 10.8 Å². The fraction of sp³-hybridized carbons (Fsp3) is 0.478. The summed E-state index contributed by atoms with van der Waals surface area (Å²) in [6.45, 7) is 1.38. The average molecular weight is 365 g/mol. The van der Waals surface area contributed by atoms with E-state index in [0.717, 1.165) is 67.2 Å². The van der Waals surface area contributed by atoms with Crippen LogP contribution >= 0.6 is 0 Å². The number of piperidine rings is 1. The quantitative estimate of drug-likeness (QED) is 0.752. The highest BCUT2D eigenvalue weighted by molar-refractivity contribution is 6.01. The number of fused-ring (bicyclic) bond motifs is 1. The molecule has 2 fully saturated rings. The summed E-state index contributed by atoms with van der Waals surface area (Å²) >= 11 is 0. The van der Waals surface area contributed by atoms with E-state index in [2.05, 4.69) is 0 Å². The zero-order chi connectivity index (χ0) is 18.8. The number of nitrogens with zero attached hydrogens (tertiary/aromatic N) is 1. The number of methoxy groups -OCH3 is 1. The lowest BCUT2D eigenvalue weighted by molar-refractivity contribution is -0.136. The second kappa shape index (κ2) is 7.71. The fourth-order valence-electron chi connectivity index (χ4n) is 4.56. The maximum atomic E-state index is 13.1. The SMILES string of the molecule is COc1ccc2cc(C(=O)[C@H]3CCCN(C(=O)C4CCCC4)C3)ccc2c1. The molecule has 27 heavy (non-hydrogen) atoms. The van der Waals surface area contributed by atoms with Gasteiger partial charge in [0.15, 0.2) is 5.78 Å². The molecule has 1 atom stereocenters. The van der Waals surface area contributed by atoms with Crippen LogP contribution in [-0.4, -0.2) is 36.8 Å². The highest BCUT2D eigenvalue weighted by atomic mass is 16.5. The minimum absolute atomic E-state index is 0.0835. The molecule has 1 aliphatic carbocycles. The van der Waals surface area contributed by atoms with Crippen molar-refractivity contribution in [1.82, 2.24) is 4.90 Å². The third kappa shape index (κ3) is 3.71. The lowest BCUT2D eigenvalue weighted by atomic mass is 9.88. The van der Waals surface area contributed by atoms with Crippen LogP contribution in [0.2, 0.25) is 0 Å². The molecule has 2 aromatic rings. The molecule has 0 aromatic heterocycles. The van der Waals surface area contributed by atoms with Crippen LogP contribution in [0.5, 0.6) is 5.75 Å². The zero-order valence-corrected chi connectivity index (χ0v) is 15.9. The first-order chi connectivity index (χ1) is 13.2. The third-order valence-corrected chi connectivity index (χ3v) is 6.14. The minimum Gasteiger partial charge on any atom is -0.497 e. The molecule has 4 heteroatoms. The number of ketones is 1. The molecule has 2 aliphatic rings. The summed E-state index contributed by atoms with van der Waals surface area (Å²) in [5.74, 6) is 1.36. The van der Waals surface area contributed by atoms with Crippen molar-refractivity contribution < 1.29 is 14.3 Å². The Bertz CT molecular complexity index is 854. The van der Waals surface area contributed by atoms with Crippen molar-refractivity contribution in [3.8, 4) is 5.75 Å². The maximum absolute atomic E-state index is 13.1. The molecule has 1 saturated heterocycles. The van der Waals surface area contributed by atoms with Gasteiger partial charge < -0.3 is 9.64 Å². The van der Waals surface area contributed by atoms with Crippen LogP contribution in [0.1, 0.15) is 48.9 Å². The van der Waals surface area contributed by atoms with Gasteiger partial charge in [0.1, 0.15) is 5.75 Å². The van der Waals surface area contributed by atoms with Crippen molar-refractivity contribution in [2.45, 2.75) is 38.5 Å². The van der Waals surface area contributed by atoms with Gasteiger partial charge in [-0.15, -0.1) is 0 Å². The summed E-state index contributed by atoms with van der Waals surface area (Å²) in [7, 11) is 1.65. The van der Waals surface area contributed by atoms with Crippen LogP contribution in [0.15, 0.2) is 36.4 Å². The van der Waals surface area contributed by atoms with Crippen molar-refractivity contribution in [1.29, 1.82) is 0 Å². The summed E-state index contributed by atoms with van der Waals surface area (Å²) < 4.78 is 5.27. The Balaban J connectivity index is 1.49. The van der Waals surface area contributed by atoms with Gasteiger partial charge in [-0.1, -0.05) is 31.0 Å². The monoisotopic (exact) mass is 365 g/mol. The topological polar surface area (TPSA) is 46.6 Å². The molecule has 0 spiro atoms. The predicted molar refractivity (Wildman–Crippen MR) is 106 cm³/mol. The van der Waals surface area contributed by atoms with Crippen LogP contribution in [0.4, 0.5) is 0 Å². The number of hydrogen-bond acceptors (Lipinski definition) is 3. The number of Topliss-reactive ketones (excluding diaryl/α,β-unsaturated/α-hetero) is 1. The summed E-state index contributed by atoms with van der Waals surface area (Å²) in [4.78, 5) is 27.8. The van der Waals surface area contributed by atoms with Crippen LogP contribution in [0, 0.1) is 11.8 Å². The van der Waals surface area contributed by atoms with Gasteiger partial charge in [0.25, 0.3) is 0 Å². The van der Waals surface area contributed by atoms with E-state index in [-0.39, 0.29) is 23.5 Å². The Labute approximate surface area is 160 Å². The van der Waals surface area contributed by atoms with Crippen molar-refractivity contribution in [2.24, 2.45) is 11.8 Å². The van der Waals surface area contributed by atoms with E-state index in [4.69, 9.17) is 4.74 Å². The minimum atomic E-state index is -0.0835. The molecule has 2 aromatic carbocycles. The van der Waals surface area contributed by atoms with Crippen LogP contribution in [0.3, 0.4) is 0 Å². The normalized spacial score (nSPS) is 20.8. The third-order valence-electron chi connectivity index (χ3n) is 6.14. The molecule has 0 bridgehead atoms. The molecular weight excluding hydrogens is 338 g/mol. The van der Waals surface area contributed by atoms with Gasteiger partial charge >= 0.3 is 0 Å². The van der Waals surface area contributed by atoms with Crippen molar-refractivity contribution in [2.75, 3.05) is 20.2 Å². The molecular formula is C23H27NO3. The highest BCUT2D eigenvalue weighted by Crippen LogP contribution is 2.30. The molecule has 0 radical (unpaired) electrons. The molecule has 4 nitrogen and oxygen atoms in total. The summed E-state index contributed by atoms with van der Waals surface area (Å²) in [5, 5.41) is 2.10. The highest BCUT2D eigenvalue weighted by Gasteiger charge is 2.33. The Hall–Kier alpha value is -2.36. The second-order valence-corrected chi connectivity index (χ2v) is 7.90. The van der Waals surface area contributed by atoms with E-state index in [1.54, 1.807) is 7.11 Å². The van der Waals surface area contributed by atoms with E-state index >= 15 is 0 Å². The van der Waals surface area contributed by atoms with Crippen LogP contribution < -0.4 is 4.74 Å². The second-order valence-electron chi connectivity index (χ2n) is 7.90. The van der Waals surface area contributed by atoms with E-state index in [1.165, 1.54) is 0 Å². The molecule has 1 saturated carbocycles. The maximum Gasteiger partial charge on any atom is 0.225 e. The van der Waals surface area contributed by atoms with Crippen molar-refractivity contribution >= 4 is 22.5 Å². The van der Waals surface area contributed by atoms with Gasteiger partial charge in [-0.3, -0.25) is 9.59 Å². The molecule has 1 heterocycles. The van der Waals surface area contributed by atoms with Gasteiger partial charge in [0, 0.05) is 30.5 Å². The molecule has 4 rings (SSSR count). The number of carbonyl (C=O) groups excluding carboxylic acids is 2. The molecule has 0 unspecified atom stereocenters. The Morgan fingerprint density at radius 2 is 1.63 bits per heavy atom. The number of rotatable bonds is 4. The Morgan fingerprint density at radius 3 is 2.41 bits per heavy atom. The van der Waals surface area contributed by atoms with E-state index in [9.17, 15) is 9.59 Å². The first-order valence-corrected chi connectivity index (χ1v) is 10.1. The average Bonchev–Trinajstić information content (AvgIpc) is 3.27. The first-order valence-electron chi connectivity index (χ1n) is 10.1. The summed E-state index contributed by atoms with van der Waals surface area (Å²) in [6, 6.07) is 11.7. The molecule has 142 valence electrons. The Morgan fingerprint density at radius 1 is 0.926 bits per heavy atom.